The van der Waals surface area contributed by atoms with E-state index < -0.39 is 23.5 Å². The van der Waals surface area contributed by atoms with Gasteiger partial charge in [0.2, 0.25) is 0 Å². The molecule has 1 aromatic heterocycles. The molecule has 0 saturated carbocycles. The van der Waals surface area contributed by atoms with Crippen LogP contribution in [0, 0.1) is 5.82 Å². The van der Waals surface area contributed by atoms with Crippen molar-refractivity contribution in [2.45, 2.75) is 12.6 Å². The molecule has 3 aromatic carbocycles. The first-order valence-corrected chi connectivity index (χ1v) is 10.5. The zero-order valence-electron chi connectivity index (χ0n) is 17.5. The molecule has 6 heteroatoms. The molecule has 0 radical (unpaired) electrons. The summed E-state index contributed by atoms with van der Waals surface area (Å²) >= 11 is 0. The number of pyridine rings is 1. The summed E-state index contributed by atoms with van der Waals surface area (Å²) in [5, 5.41) is 13.0. The van der Waals surface area contributed by atoms with E-state index in [4.69, 9.17) is 0 Å². The van der Waals surface area contributed by atoms with E-state index in [-0.39, 0.29) is 23.4 Å². The average Bonchev–Trinajstić information content (AvgIpc) is 3.09. The van der Waals surface area contributed by atoms with Crippen molar-refractivity contribution in [3.63, 3.8) is 0 Å². The van der Waals surface area contributed by atoms with Gasteiger partial charge in [-0.25, -0.2) is 4.39 Å². The van der Waals surface area contributed by atoms with Gasteiger partial charge in [0.1, 0.15) is 11.6 Å². The number of carbonyl (C=O) groups excluding carboxylic acids is 2. The van der Waals surface area contributed by atoms with E-state index in [1.807, 2.05) is 30.3 Å². The van der Waals surface area contributed by atoms with Crippen LogP contribution in [-0.2, 0) is 16.1 Å². The number of halogens is 1. The zero-order valence-corrected chi connectivity index (χ0v) is 17.5. The van der Waals surface area contributed by atoms with E-state index in [0.29, 0.717) is 5.56 Å². The van der Waals surface area contributed by atoms with Gasteiger partial charge in [-0.15, -0.1) is 0 Å². The van der Waals surface area contributed by atoms with Gasteiger partial charge in [0.05, 0.1) is 11.6 Å². The molecule has 5 rings (SSSR count). The number of ketones is 1. The maximum Gasteiger partial charge on any atom is 0.295 e. The lowest BCUT2D eigenvalue weighted by Crippen LogP contribution is -2.29. The third-order valence-electron chi connectivity index (χ3n) is 5.89. The van der Waals surface area contributed by atoms with Crippen LogP contribution in [0.25, 0.3) is 16.5 Å². The van der Waals surface area contributed by atoms with Crippen molar-refractivity contribution < 1.29 is 19.1 Å². The Labute approximate surface area is 189 Å². The lowest BCUT2D eigenvalue weighted by Gasteiger charge is -2.25. The SMILES string of the molecule is O=C1C(=O)N(Cc2ccncc2)C(c2ccccc2F)/C1=C(\O)c1cccc2ccccc12. The van der Waals surface area contributed by atoms with Crippen molar-refractivity contribution in [2.24, 2.45) is 0 Å². The summed E-state index contributed by atoms with van der Waals surface area (Å²) < 4.78 is 14.9. The van der Waals surface area contributed by atoms with Crippen molar-refractivity contribution in [2.75, 3.05) is 0 Å². The van der Waals surface area contributed by atoms with Crippen LogP contribution in [0.1, 0.15) is 22.7 Å². The lowest BCUT2D eigenvalue weighted by molar-refractivity contribution is -0.140. The summed E-state index contributed by atoms with van der Waals surface area (Å²) in [4.78, 5) is 31.6. The standard InChI is InChI=1S/C27H19FN2O3/c28-22-11-4-3-9-21(22)24-23(25(31)20-10-5-7-18-6-1-2-8-19(18)20)26(32)27(33)30(24)16-17-12-14-29-15-13-17/h1-15,24,31H,16H2/b25-23+. The van der Waals surface area contributed by atoms with Gasteiger partial charge in [-0.05, 0) is 34.5 Å². The smallest absolute Gasteiger partial charge is 0.295 e. The van der Waals surface area contributed by atoms with Gasteiger partial charge in [0.25, 0.3) is 11.7 Å². The molecule has 4 aromatic rings. The minimum absolute atomic E-state index is 0.0679. The fourth-order valence-corrected chi connectivity index (χ4v) is 4.33. The number of carbonyl (C=O) groups is 2. The number of hydrogen-bond acceptors (Lipinski definition) is 4. The maximum atomic E-state index is 14.9. The highest BCUT2D eigenvalue weighted by Gasteiger charge is 2.47. The molecule has 1 amide bonds. The second kappa shape index (κ2) is 8.31. The summed E-state index contributed by atoms with van der Waals surface area (Å²) in [5.41, 5.74) is 1.16. The summed E-state index contributed by atoms with van der Waals surface area (Å²) in [6.45, 7) is 0.0679. The number of hydrogen-bond donors (Lipinski definition) is 1. The predicted molar refractivity (Wildman–Crippen MR) is 122 cm³/mol. The highest BCUT2D eigenvalue weighted by Crippen LogP contribution is 2.42. The van der Waals surface area contributed by atoms with Gasteiger partial charge < -0.3 is 10.0 Å². The van der Waals surface area contributed by atoms with Crippen LogP contribution in [0.4, 0.5) is 4.39 Å². The fourth-order valence-electron chi connectivity index (χ4n) is 4.33. The number of aliphatic hydroxyl groups excluding tert-OH is 1. The number of fused-ring (bicyclic) bond motifs is 1. The Kier molecular flexibility index (Phi) is 5.18. The first-order chi connectivity index (χ1) is 16.1. The molecule has 1 aliphatic heterocycles. The van der Waals surface area contributed by atoms with Crippen LogP contribution >= 0.6 is 0 Å². The molecule has 1 saturated heterocycles. The van der Waals surface area contributed by atoms with Gasteiger partial charge >= 0.3 is 0 Å². The van der Waals surface area contributed by atoms with E-state index in [2.05, 4.69) is 4.98 Å². The van der Waals surface area contributed by atoms with Crippen molar-refractivity contribution in [3.8, 4) is 0 Å². The lowest BCUT2D eigenvalue weighted by atomic mass is 9.93. The predicted octanol–water partition coefficient (Wildman–Crippen LogP) is 5.00. The second-order valence-electron chi connectivity index (χ2n) is 7.83. The van der Waals surface area contributed by atoms with Crippen LogP contribution in [0.2, 0.25) is 0 Å². The molecule has 33 heavy (non-hydrogen) atoms. The third-order valence-corrected chi connectivity index (χ3v) is 5.89. The molecule has 1 aliphatic rings. The van der Waals surface area contributed by atoms with Crippen molar-refractivity contribution >= 4 is 28.2 Å². The van der Waals surface area contributed by atoms with Crippen LogP contribution in [0.3, 0.4) is 0 Å². The van der Waals surface area contributed by atoms with E-state index in [1.54, 1.807) is 48.8 Å². The molecule has 1 N–H and O–H groups in total. The third kappa shape index (κ3) is 3.55. The number of Topliss-reactive ketones (excluding diaryl/α,β-unsaturated/α-hetero) is 1. The molecule has 0 spiro atoms. The molecule has 0 aliphatic carbocycles. The fraction of sp³-hybridized carbons (Fsp3) is 0.0741. The van der Waals surface area contributed by atoms with Crippen molar-refractivity contribution in [1.29, 1.82) is 0 Å². The highest BCUT2D eigenvalue weighted by molar-refractivity contribution is 6.46. The summed E-state index contributed by atoms with van der Waals surface area (Å²) in [5.74, 6) is -2.52. The Morgan fingerprint density at radius 1 is 0.909 bits per heavy atom. The van der Waals surface area contributed by atoms with E-state index in [9.17, 15) is 19.1 Å². The average molecular weight is 438 g/mol. The Morgan fingerprint density at radius 2 is 1.61 bits per heavy atom. The minimum atomic E-state index is -1.07. The number of benzene rings is 3. The Bertz CT molecular complexity index is 1410. The van der Waals surface area contributed by atoms with Crippen LogP contribution in [-0.4, -0.2) is 26.7 Å². The quantitative estimate of drug-likeness (QED) is 0.277. The van der Waals surface area contributed by atoms with Crippen molar-refractivity contribution in [1.82, 2.24) is 9.88 Å². The Hall–Kier alpha value is -4.32. The first kappa shape index (κ1) is 20.6. The topological polar surface area (TPSA) is 70.5 Å². The Morgan fingerprint density at radius 3 is 2.39 bits per heavy atom. The monoisotopic (exact) mass is 438 g/mol. The molecular formula is C27H19FN2O3. The van der Waals surface area contributed by atoms with Crippen LogP contribution < -0.4 is 0 Å². The zero-order chi connectivity index (χ0) is 22.9. The molecule has 2 heterocycles. The van der Waals surface area contributed by atoms with Gasteiger partial charge in [0, 0.05) is 30.1 Å². The summed E-state index contributed by atoms with van der Waals surface area (Å²) in [6, 6.07) is 21.1. The summed E-state index contributed by atoms with van der Waals surface area (Å²) in [7, 11) is 0. The number of nitrogens with zero attached hydrogens (tertiary/aromatic N) is 2. The van der Waals surface area contributed by atoms with Gasteiger partial charge in [0.15, 0.2) is 0 Å². The summed E-state index contributed by atoms with van der Waals surface area (Å²) in [6.07, 6.45) is 3.17. The molecule has 5 nitrogen and oxygen atoms in total. The van der Waals surface area contributed by atoms with Gasteiger partial charge in [-0.1, -0.05) is 60.7 Å². The molecule has 0 bridgehead atoms. The van der Waals surface area contributed by atoms with E-state index in [1.165, 1.54) is 17.0 Å². The molecular weight excluding hydrogens is 419 g/mol. The minimum Gasteiger partial charge on any atom is -0.507 e. The van der Waals surface area contributed by atoms with Crippen LogP contribution in [0.5, 0.6) is 0 Å². The number of aromatic nitrogens is 1. The number of rotatable bonds is 4. The number of amides is 1. The molecule has 162 valence electrons. The highest BCUT2D eigenvalue weighted by atomic mass is 19.1. The Balaban J connectivity index is 1.73. The molecule has 1 atom stereocenters. The second-order valence-corrected chi connectivity index (χ2v) is 7.83. The maximum absolute atomic E-state index is 14.9. The number of aliphatic hydroxyl groups is 1. The van der Waals surface area contributed by atoms with Gasteiger partial charge in [-0.2, -0.15) is 0 Å². The van der Waals surface area contributed by atoms with Gasteiger partial charge in [-0.3, -0.25) is 14.6 Å². The normalized spacial score (nSPS) is 17.6. The number of likely N-dealkylation sites (tertiary alicyclic amines) is 1. The van der Waals surface area contributed by atoms with E-state index >= 15 is 0 Å². The van der Waals surface area contributed by atoms with E-state index in [0.717, 1.165) is 16.3 Å². The van der Waals surface area contributed by atoms with Crippen LogP contribution in [0.15, 0.2) is 96.8 Å². The molecule has 1 unspecified atom stereocenters. The first-order valence-electron chi connectivity index (χ1n) is 10.5. The van der Waals surface area contributed by atoms with Crippen molar-refractivity contribution in [3.05, 3.63) is 119 Å². The molecule has 1 fully saturated rings. The largest absolute Gasteiger partial charge is 0.507 e.